The van der Waals surface area contributed by atoms with E-state index in [9.17, 15) is 14.4 Å². The summed E-state index contributed by atoms with van der Waals surface area (Å²) in [5, 5.41) is 12.5. The molecule has 0 aliphatic heterocycles. The third kappa shape index (κ3) is 7.61. The van der Waals surface area contributed by atoms with Crippen molar-refractivity contribution in [1.29, 1.82) is 0 Å². The number of hydrogen-bond acceptors (Lipinski definition) is 10. The number of rotatable bonds is 13. The number of aryl methyl sites for hydroxylation is 1. The number of allylic oxidation sites excluding steroid dienone is 1. The molecule has 2 aromatic heterocycles. The van der Waals surface area contributed by atoms with Crippen molar-refractivity contribution in [2.75, 3.05) is 24.3 Å². The van der Waals surface area contributed by atoms with Gasteiger partial charge in [0.1, 0.15) is 22.2 Å². The predicted octanol–water partition coefficient (Wildman–Crippen LogP) is 5.46. The minimum absolute atomic E-state index is 0.0274. The minimum atomic E-state index is -0.629. The summed E-state index contributed by atoms with van der Waals surface area (Å²) in [6, 6.07) is 5.34. The van der Waals surface area contributed by atoms with Gasteiger partial charge >= 0.3 is 11.9 Å². The van der Waals surface area contributed by atoms with E-state index in [1.54, 1.807) is 43.5 Å². The molecule has 0 aliphatic carbocycles. The molecule has 0 atom stereocenters. The summed E-state index contributed by atoms with van der Waals surface area (Å²) in [4.78, 5) is 38.1. The number of thiophene rings is 1. The highest BCUT2D eigenvalue weighted by Crippen LogP contribution is 2.34. The molecule has 39 heavy (non-hydrogen) atoms. The SMILES string of the molecule is C=CCn1c(COc2ccc(Cl)cc2C)nnc1SCC(=O)Nc1sc(C(=O)OCC)c(C)c1C(=O)OCC. The highest BCUT2D eigenvalue weighted by Gasteiger charge is 2.27. The van der Waals surface area contributed by atoms with E-state index in [0.29, 0.717) is 33.9 Å². The van der Waals surface area contributed by atoms with Crippen molar-refractivity contribution in [3.05, 3.63) is 63.3 Å². The highest BCUT2D eigenvalue weighted by molar-refractivity contribution is 7.99. The first-order valence-corrected chi connectivity index (χ1v) is 14.2. The Labute approximate surface area is 239 Å². The van der Waals surface area contributed by atoms with Crippen molar-refractivity contribution in [1.82, 2.24) is 14.8 Å². The number of hydrogen-bond donors (Lipinski definition) is 1. The highest BCUT2D eigenvalue weighted by atomic mass is 35.5. The monoisotopic (exact) mass is 592 g/mol. The van der Waals surface area contributed by atoms with Crippen LogP contribution in [0, 0.1) is 13.8 Å². The Morgan fingerprint density at radius 3 is 2.54 bits per heavy atom. The second-order valence-corrected chi connectivity index (χ2v) is 10.4. The van der Waals surface area contributed by atoms with Gasteiger partial charge in [0.25, 0.3) is 0 Å². The zero-order valence-corrected chi connectivity index (χ0v) is 24.4. The molecule has 3 rings (SSSR count). The van der Waals surface area contributed by atoms with Crippen LogP contribution in [-0.4, -0.2) is 51.6 Å². The lowest BCUT2D eigenvalue weighted by Crippen LogP contribution is -2.17. The van der Waals surface area contributed by atoms with Gasteiger partial charge in [0.2, 0.25) is 5.91 Å². The molecule has 2 heterocycles. The number of thioether (sulfide) groups is 1. The lowest BCUT2D eigenvalue weighted by Gasteiger charge is -2.11. The Hall–Kier alpha value is -3.35. The number of anilines is 1. The third-order valence-corrected chi connectivity index (χ3v) is 7.66. The first kappa shape index (κ1) is 30.2. The van der Waals surface area contributed by atoms with Gasteiger partial charge in [-0.15, -0.1) is 28.1 Å². The van der Waals surface area contributed by atoms with Gasteiger partial charge in [-0.1, -0.05) is 29.4 Å². The van der Waals surface area contributed by atoms with E-state index < -0.39 is 17.8 Å². The summed E-state index contributed by atoms with van der Waals surface area (Å²) in [6.45, 7) is 11.6. The van der Waals surface area contributed by atoms with Crippen LogP contribution in [0.5, 0.6) is 5.75 Å². The van der Waals surface area contributed by atoms with E-state index in [-0.39, 0.29) is 41.0 Å². The first-order chi connectivity index (χ1) is 18.7. The van der Waals surface area contributed by atoms with Crippen LogP contribution < -0.4 is 10.1 Å². The molecule has 1 aromatic carbocycles. The zero-order chi connectivity index (χ0) is 28.5. The number of halogens is 1. The average molecular weight is 593 g/mol. The molecule has 0 unspecified atom stereocenters. The Kier molecular flexibility index (Phi) is 11.0. The number of amides is 1. The summed E-state index contributed by atoms with van der Waals surface area (Å²) in [7, 11) is 0. The molecule has 0 saturated heterocycles. The van der Waals surface area contributed by atoms with Crippen molar-refractivity contribution in [2.24, 2.45) is 0 Å². The molecule has 3 aromatic rings. The molecular weight excluding hydrogens is 564 g/mol. The normalized spacial score (nSPS) is 10.7. The molecule has 10 nitrogen and oxygen atoms in total. The van der Waals surface area contributed by atoms with Gasteiger partial charge in [0.15, 0.2) is 11.0 Å². The van der Waals surface area contributed by atoms with Crippen LogP contribution in [0.1, 0.15) is 50.8 Å². The molecule has 0 fully saturated rings. The number of nitrogens with zero attached hydrogens (tertiary/aromatic N) is 3. The summed E-state index contributed by atoms with van der Waals surface area (Å²) < 4.78 is 17.9. The van der Waals surface area contributed by atoms with Crippen molar-refractivity contribution in [3.63, 3.8) is 0 Å². The summed E-state index contributed by atoms with van der Waals surface area (Å²) in [5.74, 6) is -0.389. The second kappa shape index (κ2) is 14.2. The number of aromatic nitrogens is 3. The van der Waals surface area contributed by atoms with Gasteiger partial charge in [-0.25, -0.2) is 9.59 Å². The first-order valence-electron chi connectivity index (χ1n) is 12.0. The topological polar surface area (TPSA) is 122 Å². The molecule has 0 spiro atoms. The number of carbonyl (C=O) groups is 3. The second-order valence-electron chi connectivity index (χ2n) is 8.03. The van der Waals surface area contributed by atoms with Gasteiger partial charge in [-0.2, -0.15) is 0 Å². The van der Waals surface area contributed by atoms with Crippen LogP contribution in [0.4, 0.5) is 5.00 Å². The number of esters is 2. The fraction of sp³-hybridized carbons (Fsp3) is 0.346. The van der Waals surface area contributed by atoms with Crippen molar-refractivity contribution in [2.45, 2.75) is 46.0 Å². The summed E-state index contributed by atoms with van der Waals surface area (Å²) in [5.41, 5.74) is 1.42. The molecule has 0 aliphatic rings. The van der Waals surface area contributed by atoms with Gasteiger partial charge in [-0.05, 0) is 57.0 Å². The van der Waals surface area contributed by atoms with Gasteiger partial charge in [0.05, 0.1) is 24.5 Å². The smallest absolute Gasteiger partial charge is 0.348 e. The van der Waals surface area contributed by atoms with E-state index in [4.69, 9.17) is 25.8 Å². The van der Waals surface area contributed by atoms with Crippen molar-refractivity contribution < 1.29 is 28.6 Å². The molecule has 1 amide bonds. The molecule has 208 valence electrons. The van der Waals surface area contributed by atoms with E-state index in [2.05, 4.69) is 22.1 Å². The molecule has 13 heteroatoms. The lowest BCUT2D eigenvalue weighted by molar-refractivity contribution is -0.113. The van der Waals surface area contributed by atoms with E-state index in [0.717, 1.165) is 16.9 Å². The maximum Gasteiger partial charge on any atom is 0.348 e. The van der Waals surface area contributed by atoms with Crippen LogP contribution in [-0.2, 0) is 27.4 Å². The molecular formula is C26H29ClN4O6S2. The Morgan fingerprint density at radius 1 is 1.15 bits per heavy atom. The van der Waals surface area contributed by atoms with Crippen LogP contribution in [0.3, 0.4) is 0 Å². The predicted molar refractivity (Wildman–Crippen MR) is 151 cm³/mol. The van der Waals surface area contributed by atoms with E-state index in [1.165, 1.54) is 11.8 Å². The Balaban J connectivity index is 1.73. The van der Waals surface area contributed by atoms with Gasteiger partial charge < -0.3 is 19.5 Å². The maximum atomic E-state index is 12.9. The fourth-order valence-corrected chi connectivity index (χ4v) is 5.60. The standard InChI is InChI=1S/C26H29ClN4O6S2/c1-6-11-31-19(13-37-18-10-9-17(27)12-15(18)4)29-30-26(31)38-14-20(32)28-23-21(24(33)35-7-2)16(5)22(39-23)25(34)36-8-3/h6,9-10,12H,1,7-8,11,13-14H2,2-5H3,(H,28,32). The largest absolute Gasteiger partial charge is 0.485 e. The van der Waals surface area contributed by atoms with Crippen molar-refractivity contribution in [3.8, 4) is 5.75 Å². The van der Waals surface area contributed by atoms with E-state index in [1.807, 2.05) is 13.0 Å². The zero-order valence-electron chi connectivity index (χ0n) is 22.0. The number of carbonyl (C=O) groups excluding carboxylic acids is 3. The Morgan fingerprint density at radius 2 is 1.87 bits per heavy atom. The van der Waals surface area contributed by atoms with Crippen LogP contribution in [0.15, 0.2) is 36.0 Å². The van der Waals surface area contributed by atoms with E-state index >= 15 is 0 Å². The maximum absolute atomic E-state index is 12.9. The van der Waals surface area contributed by atoms with Crippen LogP contribution in [0.25, 0.3) is 0 Å². The number of benzene rings is 1. The summed E-state index contributed by atoms with van der Waals surface area (Å²) in [6.07, 6.45) is 1.70. The quantitative estimate of drug-likeness (QED) is 0.157. The lowest BCUT2D eigenvalue weighted by atomic mass is 10.1. The molecule has 0 bridgehead atoms. The number of nitrogens with one attached hydrogen (secondary N) is 1. The molecule has 1 N–H and O–H groups in total. The van der Waals surface area contributed by atoms with Crippen LogP contribution >= 0.6 is 34.7 Å². The molecule has 0 saturated carbocycles. The average Bonchev–Trinajstić information content (AvgIpc) is 3.42. The van der Waals surface area contributed by atoms with Crippen LogP contribution in [0.2, 0.25) is 5.02 Å². The van der Waals surface area contributed by atoms with Gasteiger partial charge in [-0.3, -0.25) is 9.36 Å². The molecule has 0 radical (unpaired) electrons. The summed E-state index contributed by atoms with van der Waals surface area (Å²) >= 11 is 8.16. The Bertz CT molecular complexity index is 1370. The minimum Gasteiger partial charge on any atom is -0.485 e. The third-order valence-electron chi connectivity index (χ3n) is 5.27. The number of ether oxygens (including phenoxy) is 3. The van der Waals surface area contributed by atoms with Gasteiger partial charge in [0, 0.05) is 11.6 Å². The fourth-order valence-electron chi connectivity index (χ4n) is 3.50. The van der Waals surface area contributed by atoms with Crippen molar-refractivity contribution >= 4 is 57.5 Å².